The van der Waals surface area contributed by atoms with E-state index in [1.54, 1.807) is 0 Å². The van der Waals surface area contributed by atoms with Crippen LogP contribution in [0.4, 0.5) is 0 Å². The first kappa shape index (κ1) is 15.2. The molecule has 2 nitrogen and oxygen atoms in total. The second-order valence-corrected chi connectivity index (χ2v) is 7.26. The van der Waals surface area contributed by atoms with Crippen molar-refractivity contribution in [1.29, 1.82) is 0 Å². The summed E-state index contributed by atoms with van der Waals surface area (Å²) in [5.41, 5.74) is 3.43. The Bertz CT molecular complexity index is 689. The molecule has 0 amide bonds. The van der Waals surface area contributed by atoms with Gasteiger partial charge in [-0.3, -0.25) is 4.21 Å². The molecule has 0 aromatic heterocycles. The monoisotopic (exact) mass is 312 g/mol. The minimum atomic E-state index is -1.12. The van der Waals surface area contributed by atoms with Gasteiger partial charge in [-0.15, -0.1) is 0 Å². The molecule has 3 rings (SSSR count). The quantitative estimate of drug-likeness (QED) is 0.857. The first-order valence-electron chi connectivity index (χ1n) is 7.51. The molecule has 22 heavy (non-hydrogen) atoms. The van der Waals surface area contributed by atoms with E-state index in [2.05, 4.69) is 18.2 Å². The Morgan fingerprint density at radius 2 is 1.73 bits per heavy atom. The molecular weight excluding hydrogens is 292 g/mol. The predicted octanol–water partition coefficient (Wildman–Crippen LogP) is 3.97. The van der Waals surface area contributed by atoms with Crippen molar-refractivity contribution in [2.75, 3.05) is 6.61 Å². The molecular formula is C19H20O2S. The molecule has 0 aliphatic carbocycles. The Kier molecular flexibility index (Phi) is 4.55. The van der Waals surface area contributed by atoms with E-state index in [4.69, 9.17) is 4.74 Å². The zero-order valence-corrected chi connectivity index (χ0v) is 13.7. The smallest absolute Gasteiger partial charge is 0.0881 e. The van der Waals surface area contributed by atoms with E-state index < -0.39 is 10.8 Å². The molecule has 3 heteroatoms. The number of aryl methyl sites for hydroxylation is 1. The average Bonchev–Trinajstić information content (AvgIpc) is 2.56. The second kappa shape index (κ2) is 6.59. The molecule has 3 atom stereocenters. The lowest BCUT2D eigenvalue weighted by molar-refractivity contribution is 0.0971. The topological polar surface area (TPSA) is 26.3 Å². The van der Waals surface area contributed by atoms with E-state index in [0.29, 0.717) is 6.61 Å². The van der Waals surface area contributed by atoms with Crippen molar-refractivity contribution < 1.29 is 8.95 Å². The van der Waals surface area contributed by atoms with Crippen LogP contribution in [-0.4, -0.2) is 22.2 Å². The molecule has 0 radical (unpaired) electrons. The molecule has 0 saturated carbocycles. The highest BCUT2D eigenvalue weighted by Gasteiger charge is 2.28. The largest absolute Gasteiger partial charge is 0.373 e. The van der Waals surface area contributed by atoms with Crippen LogP contribution >= 0.6 is 0 Å². The maximum atomic E-state index is 13.0. The van der Waals surface area contributed by atoms with Gasteiger partial charge >= 0.3 is 0 Å². The highest BCUT2D eigenvalue weighted by atomic mass is 32.2. The molecule has 2 aromatic rings. The predicted molar refractivity (Wildman–Crippen MR) is 91.2 cm³/mol. The molecule has 114 valence electrons. The molecule has 0 saturated heterocycles. The number of ether oxygens (including phenoxy) is 1. The Balaban J connectivity index is 1.96. The van der Waals surface area contributed by atoms with Crippen LogP contribution in [0.2, 0.25) is 0 Å². The van der Waals surface area contributed by atoms with Gasteiger partial charge in [-0.2, -0.15) is 0 Å². The first-order valence-corrected chi connectivity index (χ1v) is 8.72. The van der Waals surface area contributed by atoms with Crippen molar-refractivity contribution >= 4 is 16.4 Å². The lowest BCUT2D eigenvalue weighted by atomic mass is 9.99. The standard InChI is InChI=1S/C19H20O2S/c1-14-8-10-17(11-9-14)22(20)19-13-21-15(2)12-18(19)16-6-4-3-5-7-16/h3-12,15,19H,13H2,1-2H3/t15-,19+,22+/m1/s1. The third kappa shape index (κ3) is 3.21. The van der Waals surface area contributed by atoms with Crippen LogP contribution < -0.4 is 0 Å². The summed E-state index contributed by atoms with van der Waals surface area (Å²) in [6.07, 6.45) is 2.15. The molecule has 0 unspecified atom stereocenters. The van der Waals surface area contributed by atoms with Crippen LogP contribution in [0.25, 0.3) is 5.57 Å². The molecule has 1 aliphatic heterocycles. The number of hydrogen-bond acceptors (Lipinski definition) is 2. The number of rotatable bonds is 3. The summed E-state index contributed by atoms with van der Waals surface area (Å²) in [5.74, 6) is 0. The van der Waals surface area contributed by atoms with E-state index in [1.165, 1.54) is 5.56 Å². The van der Waals surface area contributed by atoms with Crippen LogP contribution in [-0.2, 0) is 15.5 Å². The van der Waals surface area contributed by atoms with Crippen LogP contribution in [0, 0.1) is 6.92 Å². The maximum absolute atomic E-state index is 13.0. The Morgan fingerprint density at radius 3 is 2.41 bits per heavy atom. The van der Waals surface area contributed by atoms with Crippen molar-refractivity contribution in [1.82, 2.24) is 0 Å². The van der Waals surface area contributed by atoms with Gasteiger partial charge in [0, 0.05) is 4.90 Å². The summed E-state index contributed by atoms with van der Waals surface area (Å²) in [7, 11) is -1.12. The van der Waals surface area contributed by atoms with Crippen molar-refractivity contribution in [2.24, 2.45) is 0 Å². The Labute approximate surface area is 134 Å². The Hall–Kier alpha value is -1.71. The Morgan fingerprint density at radius 1 is 1.05 bits per heavy atom. The van der Waals surface area contributed by atoms with Gasteiger partial charge in [-0.25, -0.2) is 0 Å². The lowest BCUT2D eigenvalue weighted by Gasteiger charge is -2.27. The third-order valence-corrected chi connectivity index (χ3v) is 5.53. The van der Waals surface area contributed by atoms with E-state index in [0.717, 1.165) is 16.0 Å². The zero-order chi connectivity index (χ0) is 15.5. The minimum absolute atomic E-state index is 0.0569. The van der Waals surface area contributed by atoms with Crippen molar-refractivity contribution in [3.05, 3.63) is 71.8 Å². The molecule has 1 aliphatic rings. The van der Waals surface area contributed by atoms with Gasteiger partial charge in [0.1, 0.15) is 0 Å². The lowest BCUT2D eigenvalue weighted by Crippen LogP contribution is -2.30. The second-order valence-electron chi connectivity index (χ2n) is 5.63. The fourth-order valence-electron chi connectivity index (χ4n) is 2.66. The molecule has 0 bridgehead atoms. The summed E-state index contributed by atoms with van der Waals surface area (Å²) < 4.78 is 18.7. The first-order chi connectivity index (χ1) is 10.6. The van der Waals surface area contributed by atoms with Gasteiger partial charge < -0.3 is 4.74 Å². The summed E-state index contributed by atoms with van der Waals surface area (Å²) in [6.45, 7) is 4.55. The van der Waals surface area contributed by atoms with Crippen LogP contribution in [0.1, 0.15) is 18.1 Å². The highest BCUT2D eigenvalue weighted by Crippen LogP contribution is 2.30. The van der Waals surface area contributed by atoms with E-state index in [1.807, 2.05) is 56.3 Å². The van der Waals surface area contributed by atoms with E-state index in [9.17, 15) is 4.21 Å². The molecule has 0 N–H and O–H groups in total. The molecule has 0 spiro atoms. The maximum Gasteiger partial charge on any atom is 0.0881 e. The zero-order valence-electron chi connectivity index (χ0n) is 12.9. The van der Waals surface area contributed by atoms with Crippen molar-refractivity contribution in [2.45, 2.75) is 30.1 Å². The summed E-state index contributed by atoms with van der Waals surface area (Å²) in [5, 5.41) is -0.124. The fourth-order valence-corrected chi connectivity index (χ4v) is 4.04. The van der Waals surface area contributed by atoms with E-state index >= 15 is 0 Å². The normalized spacial score (nSPS) is 22.9. The van der Waals surface area contributed by atoms with Gasteiger partial charge in [0.15, 0.2) is 0 Å². The third-order valence-electron chi connectivity index (χ3n) is 3.89. The number of hydrogen-bond donors (Lipinski definition) is 0. The average molecular weight is 312 g/mol. The molecule has 1 heterocycles. The van der Waals surface area contributed by atoms with Crippen molar-refractivity contribution in [3.63, 3.8) is 0 Å². The summed E-state index contributed by atoms with van der Waals surface area (Å²) in [6, 6.07) is 18.1. The molecule has 2 aromatic carbocycles. The van der Waals surface area contributed by atoms with Gasteiger partial charge in [-0.05, 0) is 37.1 Å². The SMILES string of the molecule is Cc1ccc([S@](=O)[C@H]2CO[C@H](C)C=C2c2ccccc2)cc1. The molecule has 0 fully saturated rings. The van der Waals surface area contributed by atoms with Crippen LogP contribution in [0.5, 0.6) is 0 Å². The van der Waals surface area contributed by atoms with Crippen LogP contribution in [0.15, 0.2) is 65.6 Å². The summed E-state index contributed by atoms with van der Waals surface area (Å²) in [4.78, 5) is 0.857. The highest BCUT2D eigenvalue weighted by molar-refractivity contribution is 7.86. The summed E-state index contributed by atoms with van der Waals surface area (Å²) >= 11 is 0. The minimum Gasteiger partial charge on any atom is -0.373 e. The van der Waals surface area contributed by atoms with E-state index in [-0.39, 0.29) is 11.4 Å². The van der Waals surface area contributed by atoms with Gasteiger partial charge in [0.25, 0.3) is 0 Å². The van der Waals surface area contributed by atoms with Gasteiger partial charge in [-0.1, -0.05) is 54.1 Å². The number of benzene rings is 2. The van der Waals surface area contributed by atoms with Gasteiger partial charge in [0.2, 0.25) is 0 Å². The fraction of sp³-hybridized carbons (Fsp3) is 0.263. The van der Waals surface area contributed by atoms with Crippen LogP contribution in [0.3, 0.4) is 0 Å². The van der Waals surface area contributed by atoms with Crippen molar-refractivity contribution in [3.8, 4) is 0 Å². The van der Waals surface area contributed by atoms with Gasteiger partial charge in [0.05, 0.1) is 28.8 Å².